The summed E-state index contributed by atoms with van der Waals surface area (Å²) in [5.41, 5.74) is 0.951. The highest BCUT2D eigenvalue weighted by Gasteiger charge is 2.00. The lowest BCUT2D eigenvalue weighted by atomic mass is 10.2. The molecular weight excluding hydrogens is 222 g/mol. The van der Waals surface area contributed by atoms with Crippen molar-refractivity contribution in [3.63, 3.8) is 0 Å². The smallest absolute Gasteiger partial charge is 0.157 e. The van der Waals surface area contributed by atoms with Crippen LogP contribution in [0.4, 0.5) is 0 Å². The lowest BCUT2D eigenvalue weighted by molar-refractivity contribution is 0.403. The zero-order valence-corrected chi connectivity index (χ0v) is 9.50. The summed E-state index contributed by atoms with van der Waals surface area (Å²) in [5, 5.41) is 23.8. The van der Waals surface area contributed by atoms with Gasteiger partial charge in [0.15, 0.2) is 11.5 Å². The summed E-state index contributed by atoms with van der Waals surface area (Å²) in [6, 6.07) is 8.95. The van der Waals surface area contributed by atoms with E-state index in [9.17, 15) is 5.11 Å². The molecule has 3 nitrogen and oxygen atoms in total. The first-order chi connectivity index (χ1) is 7.75. The number of aromatic hydroxyl groups is 2. The van der Waals surface area contributed by atoms with Gasteiger partial charge >= 0.3 is 0 Å². The molecule has 0 fully saturated rings. The molecule has 2 rings (SSSR count). The summed E-state index contributed by atoms with van der Waals surface area (Å²) >= 11 is 1.71. The first-order valence-corrected chi connectivity index (χ1v) is 5.87. The molecule has 16 heavy (non-hydrogen) atoms. The Morgan fingerprint density at radius 3 is 2.62 bits per heavy atom. The molecule has 3 N–H and O–H groups in total. The minimum absolute atomic E-state index is 0.0737. The van der Waals surface area contributed by atoms with Crippen LogP contribution in [0.3, 0.4) is 0 Å². The van der Waals surface area contributed by atoms with Crippen molar-refractivity contribution in [3.8, 4) is 11.5 Å². The zero-order chi connectivity index (χ0) is 11.4. The predicted molar refractivity (Wildman–Crippen MR) is 64.6 cm³/mol. The maximum Gasteiger partial charge on any atom is 0.157 e. The highest BCUT2D eigenvalue weighted by molar-refractivity contribution is 7.09. The first kappa shape index (κ1) is 11.0. The Balaban J connectivity index is 1.87. The lowest BCUT2D eigenvalue weighted by Crippen LogP contribution is -2.11. The third-order valence-corrected chi connectivity index (χ3v) is 3.12. The fourth-order valence-electron chi connectivity index (χ4n) is 1.42. The molecule has 2 aromatic rings. The molecule has 0 spiro atoms. The molecule has 0 aliphatic carbocycles. The molecule has 84 valence electrons. The number of nitrogens with one attached hydrogen (secondary N) is 1. The van der Waals surface area contributed by atoms with E-state index < -0.39 is 0 Å². The van der Waals surface area contributed by atoms with Crippen LogP contribution in [0.1, 0.15) is 10.4 Å². The first-order valence-electron chi connectivity index (χ1n) is 4.99. The van der Waals surface area contributed by atoms with Crippen LogP contribution in [-0.2, 0) is 13.1 Å². The van der Waals surface area contributed by atoms with Crippen LogP contribution in [0.5, 0.6) is 11.5 Å². The number of phenolic OH excluding ortho intramolecular Hbond substituents is 2. The summed E-state index contributed by atoms with van der Waals surface area (Å²) in [4.78, 5) is 1.28. The standard InChI is InChI=1S/C12H13NO2S/c14-11-4-3-9(6-12(11)15)7-13-8-10-2-1-5-16-10/h1-6,13-15H,7-8H2. The van der Waals surface area contributed by atoms with Gasteiger partial charge in [0.1, 0.15) is 0 Å². The largest absolute Gasteiger partial charge is 0.504 e. The van der Waals surface area contributed by atoms with Gasteiger partial charge in [0.25, 0.3) is 0 Å². The van der Waals surface area contributed by atoms with E-state index in [1.807, 2.05) is 11.4 Å². The van der Waals surface area contributed by atoms with E-state index in [4.69, 9.17) is 5.11 Å². The molecule has 0 radical (unpaired) electrons. The van der Waals surface area contributed by atoms with E-state index >= 15 is 0 Å². The summed E-state index contributed by atoms with van der Waals surface area (Å²) in [7, 11) is 0. The van der Waals surface area contributed by atoms with E-state index in [-0.39, 0.29) is 11.5 Å². The number of phenols is 2. The molecular formula is C12H13NO2S. The van der Waals surface area contributed by atoms with Gasteiger partial charge in [0.05, 0.1) is 0 Å². The molecule has 1 heterocycles. The van der Waals surface area contributed by atoms with Gasteiger partial charge in [-0.3, -0.25) is 0 Å². The molecule has 0 saturated heterocycles. The van der Waals surface area contributed by atoms with Gasteiger partial charge in [-0.1, -0.05) is 12.1 Å². The van der Waals surface area contributed by atoms with Crippen molar-refractivity contribution in [2.75, 3.05) is 0 Å². The molecule has 4 heteroatoms. The Bertz CT molecular complexity index is 454. The van der Waals surface area contributed by atoms with E-state index in [0.29, 0.717) is 6.54 Å². The molecule has 0 aliphatic heterocycles. The Morgan fingerprint density at radius 1 is 1.06 bits per heavy atom. The van der Waals surface area contributed by atoms with E-state index in [0.717, 1.165) is 12.1 Å². The van der Waals surface area contributed by atoms with Gasteiger partial charge < -0.3 is 15.5 Å². The molecule has 0 saturated carbocycles. The van der Waals surface area contributed by atoms with Crippen LogP contribution in [-0.4, -0.2) is 10.2 Å². The summed E-state index contributed by atoms with van der Waals surface area (Å²) < 4.78 is 0. The van der Waals surface area contributed by atoms with Gasteiger partial charge in [0.2, 0.25) is 0 Å². The number of hydrogen-bond donors (Lipinski definition) is 3. The Hall–Kier alpha value is -1.52. The summed E-state index contributed by atoms with van der Waals surface area (Å²) in [6.07, 6.45) is 0. The zero-order valence-electron chi connectivity index (χ0n) is 8.68. The van der Waals surface area contributed by atoms with Gasteiger partial charge in [-0.2, -0.15) is 0 Å². The van der Waals surface area contributed by atoms with Crippen molar-refractivity contribution in [2.24, 2.45) is 0 Å². The third-order valence-electron chi connectivity index (χ3n) is 2.25. The van der Waals surface area contributed by atoms with Crippen molar-refractivity contribution in [1.29, 1.82) is 0 Å². The van der Waals surface area contributed by atoms with Crippen molar-refractivity contribution >= 4 is 11.3 Å². The highest BCUT2D eigenvalue weighted by atomic mass is 32.1. The molecule has 1 aromatic heterocycles. The molecule has 0 atom stereocenters. The Labute approximate surface area is 98.0 Å². The number of benzene rings is 1. The number of thiophene rings is 1. The maximum atomic E-state index is 9.31. The van der Waals surface area contributed by atoms with Crippen molar-refractivity contribution < 1.29 is 10.2 Å². The van der Waals surface area contributed by atoms with Gasteiger partial charge in [0, 0.05) is 18.0 Å². The van der Waals surface area contributed by atoms with Crippen molar-refractivity contribution in [3.05, 3.63) is 46.2 Å². The molecule has 0 amide bonds. The van der Waals surface area contributed by atoms with Crippen molar-refractivity contribution in [1.82, 2.24) is 5.32 Å². The number of hydrogen-bond acceptors (Lipinski definition) is 4. The molecule has 1 aromatic carbocycles. The fourth-order valence-corrected chi connectivity index (χ4v) is 2.10. The van der Waals surface area contributed by atoms with Crippen LogP contribution < -0.4 is 5.32 Å². The monoisotopic (exact) mass is 235 g/mol. The van der Waals surface area contributed by atoms with Crippen LogP contribution in [0.2, 0.25) is 0 Å². The minimum atomic E-state index is -0.0815. The third kappa shape index (κ3) is 2.74. The Morgan fingerprint density at radius 2 is 1.94 bits per heavy atom. The van der Waals surface area contributed by atoms with Gasteiger partial charge in [-0.25, -0.2) is 0 Å². The summed E-state index contributed by atoms with van der Waals surface area (Å²) in [6.45, 7) is 1.49. The van der Waals surface area contributed by atoms with Gasteiger partial charge in [-0.15, -0.1) is 11.3 Å². The quantitative estimate of drug-likeness (QED) is 0.713. The second kappa shape index (κ2) is 5.01. The minimum Gasteiger partial charge on any atom is -0.504 e. The van der Waals surface area contributed by atoms with Crippen LogP contribution in [0.25, 0.3) is 0 Å². The van der Waals surface area contributed by atoms with Gasteiger partial charge in [-0.05, 0) is 29.1 Å². The topological polar surface area (TPSA) is 52.5 Å². The SMILES string of the molecule is Oc1ccc(CNCc2cccs2)cc1O. The second-order valence-corrected chi connectivity index (χ2v) is 4.54. The normalized spacial score (nSPS) is 10.5. The second-order valence-electron chi connectivity index (χ2n) is 3.51. The van der Waals surface area contributed by atoms with E-state index in [2.05, 4.69) is 11.4 Å². The Kier molecular flexibility index (Phi) is 3.44. The average molecular weight is 235 g/mol. The number of rotatable bonds is 4. The maximum absolute atomic E-state index is 9.31. The molecule has 0 bridgehead atoms. The lowest BCUT2D eigenvalue weighted by Gasteiger charge is -2.04. The van der Waals surface area contributed by atoms with Crippen LogP contribution in [0, 0.1) is 0 Å². The predicted octanol–water partition coefficient (Wildman–Crippen LogP) is 2.45. The van der Waals surface area contributed by atoms with Crippen LogP contribution >= 0.6 is 11.3 Å². The van der Waals surface area contributed by atoms with E-state index in [1.165, 1.54) is 10.9 Å². The van der Waals surface area contributed by atoms with Crippen molar-refractivity contribution in [2.45, 2.75) is 13.1 Å². The summed E-state index contributed by atoms with van der Waals surface area (Å²) in [5.74, 6) is -0.155. The highest BCUT2D eigenvalue weighted by Crippen LogP contribution is 2.24. The average Bonchev–Trinajstić information content (AvgIpc) is 2.76. The fraction of sp³-hybridized carbons (Fsp3) is 0.167. The van der Waals surface area contributed by atoms with Crippen LogP contribution in [0.15, 0.2) is 35.7 Å². The molecule has 0 aliphatic rings. The molecule has 0 unspecified atom stereocenters. The van der Waals surface area contributed by atoms with E-state index in [1.54, 1.807) is 23.5 Å².